The second-order valence-electron chi connectivity index (χ2n) is 4.54. The molecular weight excluding hydrogens is 288 g/mol. The van der Waals surface area contributed by atoms with Crippen molar-refractivity contribution >= 4 is 17.6 Å². The second-order valence-corrected chi connectivity index (χ2v) is 4.54. The maximum absolute atomic E-state index is 11.8. The highest BCUT2D eigenvalue weighted by atomic mass is 16.6. The van der Waals surface area contributed by atoms with Crippen LogP contribution in [0.15, 0.2) is 28.8 Å². The van der Waals surface area contributed by atoms with Gasteiger partial charge in [-0.25, -0.2) is 4.79 Å². The van der Waals surface area contributed by atoms with Gasteiger partial charge in [0.2, 0.25) is 5.88 Å². The number of carbonyl (C=O) groups is 2. The summed E-state index contributed by atoms with van der Waals surface area (Å²) in [4.78, 5) is 23.3. The summed E-state index contributed by atoms with van der Waals surface area (Å²) in [7, 11) is 0. The largest absolute Gasteiger partial charge is 0.489 e. The van der Waals surface area contributed by atoms with Crippen molar-refractivity contribution in [2.75, 3.05) is 18.9 Å². The number of Topliss-reactive ketones (excluding diaryl/α,β-unsaturated/α-hetero) is 1. The van der Waals surface area contributed by atoms with Gasteiger partial charge in [0, 0.05) is 0 Å². The highest BCUT2D eigenvalue weighted by Gasteiger charge is 2.19. The van der Waals surface area contributed by atoms with Crippen LogP contribution in [0.2, 0.25) is 0 Å². The van der Waals surface area contributed by atoms with Crippen molar-refractivity contribution in [1.82, 2.24) is 5.16 Å². The zero-order chi connectivity index (χ0) is 16.1. The smallest absolute Gasteiger partial charge is 0.345 e. The Labute approximate surface area is 127 Å². The highest BCUT2D eigenvalue weighted by molar-refractivity contribution is 5.96. The monoisotopic (exact) mass is 304 g/mol. The normalized spacial score (nSPS) is 10.3. The van der Waals surface area contributed by atoms with E-state index in [2.05, 4.69) is 5.16 Å². The van der Waals surface area contributed by atoms with E-state index in [1.807, 2.05) is 0 Å². The number of hydrogen-bond donors (Lipinski definition) is 1. The SMILES string of the molecule is CC(=O)c1ccccc1OCCOC(=O)c1c(C)noc1N. The number of nitrogens with two attached hydrogens (primary N) is 1. The average molecular weight is 304 g/mol. The quantitative estimate of drug-likeness (QED) is 0.494. The Balaban J connectivity index is 1.88. The lowest BCUT2D eigenvalue weighted by atomic mass is 10.1. The molecule has 2 N–H and O–H groups in total. The van der Waals surface area contributed by atoms with Gasteiger partial charge < -0.3 is 19.7 Å². The molecule has 0 atom stereocenters. The van der Waals surface area contributed by atoms with Gasteiger partial charge in [0.25, 0.3) is 0 Å². The lowest BCUT2D eigenvalue weighted by molar-refractivity contribution is 0.0449. The number of rotatable bonds is 6. The topological polar surface area (TPSA) is 105 Å². The van der Waals surface area contributed by atoms with Gasteiger partial charge in [-0.15, -0.1) is 0 Å². The van der Waals surface area contributed by atoms with E-state index < -0.39 is 5.97 Å². The Morgan fingerprint density at radius 2 is 2.00 bits per heavy atom. The first-order chi connectivity index (χ1) is 10.5. The molecule has 7 heteroatoms. The zero-order valence-electron chi connectivity index (χ0n) is 12.3. The van der Waals surface area contributed by atoms with Gasteiger partial charge in [-0.05, 0) is 26.0 Å². The predicted octanol–water partition coefficient (Wildman–Crippen LogP) is 2.00. The number of ether oxygens (including phenoxy) is 2. The number of carbonyl (C=O) groups excluding carboxylic acids is 2. The number of benzene rings is 1. The lowest BCUT2D eigenvalue weighted by Gasteiger charge is -2.09. The van der Waals surface area contributed by atoms with E-state index in [-0.39, 0.29) is 30.4 Å². The van der Waals surface area contributed by atoms with Gasteiger partial charge in [-0.3, -0.25) is 4.79 Å². The molecule has 0 aliphatic carbocycles. The number of ketones is 1. The minimum absolute atomic E-state index is 0.00906. The molecule has 0 saturated heterocycles. The Morgan fingerprint density at radius 1 is 1.27 bits per heavy atom. The molecule has 1 aromatic carbocycles. The predicted molar refractivity (Wildman–Crippen MR) is 77.9 cm³/mol. The van der Waals surface area contributed by atoms with Crippen molar-refractivity contribution in [1.29, 1.82) is 0 Å². The number of nitrogens with zero attached hydrogens (tertiary/aromatic N) is 1. The minimum atomic E-state index is -0.625. The maximum atomic E-state index is 11.8. The van der Waals surface area contributed by atoms with Gasteiger partial charge in [-0.1, -0.05) is 17.3 Å². The fraction of sp³-hybridized carbons (Fsp3) is 0.267. The molecular formula is C15H16N2O5. The van der Waals surface area contributed by atoms with Crippen LogP contribution in [0.1, 0.15) is 33.3 Å². The Morgan fingerprint density at radius 3 is 2.64 bits per heavy atom. The van der Waals surface area contributed by atoms with Crippen molar-refractivity contribution in [2.24, 2.45) is 0 Å². The van der Waals surface area contributed by atoms with Crippen molar-refractivity contribution in [3.8, 4) is 5.75 Å². The van der Waals surface area contributed by atoms with Crippen LogP contribution in [-0.2, 0) is 4.74 Å². The third-order valence-electron chi connectivity index (χ3n) is 2.93. The molecule has 1 heterocycles. The molecule has 0 amide bonds. The summed E-state index contributed by atoms with van der Waals surface area (Å²) in [6.45, 7) is 3.17. The summed E-state index contributed by atoms with van der Waals surface area (Å²) >= 11 is 0. The van der Waals surface area contributed by atoms with Gasteiger partial charge in [-0.2, -0.15) is 0 Å². The first-order valence-corrected chi connectivity index (χ1v) is 6.62. The van der Waals surface area contributed by atoms with Gasteiger partial charge in [0.1, 0.15) is 24.5 Å². The number of esters is 1. The highest BCUT2D eigenvalue weighted by Crippen LogP contribution is 2.19. The van der Waals surface area contributed by atoms with E-state index in [1.165, 1.54) is 6.92 Å². The number of aryl methyl sites for hydroxylation is 1. The molecule has 2 aromatic rings. The van der Waals surface area contributed by atoms with Crippen molar-refractivity contribution in [3.05, 3.63) is 41.1 Å². The van der Waals surface area contributed by atoms with Crippen LogP contribution in [0.3, 0.4) is 0 Å². The van der Waals surface area contributed by atoms with Gasteiger partial charge in [0.05, 0.1) is 11.3 Å². The molecule has 0 unspecified atom stereocenters. The third-order valence-corrected chi connectivity index (χ3v) is 2.93. The van der Waals surface area contributed by atoms with Crippen LogP contribution >= 0.6 is 0 Å². The van der Waals surface area contributed by atoms with E-state index >= 15 is 0 Å². The van der Waals surface area contributed by atoms with Crippen LogP contribution in [0.25, 0.3) is 0 Å². The zero-order valence-corrected chi connectivity index (χ0v) is 12.3. The van der Waals surface area contributed by atoms with Crippen LogP contribution in [0, 0.1) is 6.92 Å². The fourth-order valence-electron chi connectivity index (χ4n) is 1.88. The molecule has 0 radical (unpaired) electrons. The summed E-state index contributed by atoms with van der Waals surface area (Å²) in [5, 5.41) is 3.57. The molecule has 0 bridgehead atoms. The van der Waals surface area contributed by atoms with Crippen LogP contribution < -0.4 is 10.5 Å². The number of aromatic nitrogens is 1. The van der Waals surface area contributed by atoms with Gasteiger partial charge in [0.15, 0.2) is 5.78 Å². The fourth-order valence-corrected chi connectivity index (χ4v) is 1.88. The van der Waals surface area contributed by atoms with Crippen molar-refractivity contribution in [2.45, 2.75) is 13.8 Å². The van der Waals surface area contributed by atoms with Gasteiger partial charge >= 0.3 is 5.97 Å². The first kappa shape index (κ1) is 15.6. The lowest BCUT2D eigenvalue weighted by Crippen LogP contribution is -2.14. The van der Waals surface area contributed by atoms with E-state index in [0.29, 0.717) is 17.0 Å². The molecule has 22 heavy (non-hydrogen) atoms. The molecule has 7 nitrogen and oxygen atoms in total. The van der Waals surface area contributed by atoms with Crippen LogP contribution in [-0.4, -0.2) is 30.1 Å². The maximum Gasteiger partial charge on any atom is 0.345 e. The summed E-state index contributed by atoms with van der Waals surface area (Å²) < 4.78 is 15.2. The molecule has 0 aliphatic heterocycles. The Hall–Kier alpha value is -2.83. The first-order valence-electron chi connectivity index (χ1n) is 6.62. The number of anilines is 1. The Bertz CT molecular complexity index is 673. The molecule has 0 spiro atoms. The average Bonchev–Trinajstić information content (AvgIpc) is 2.83. The number of nitrogen functional groups attached to an aromatic ring is 1. The molecule has 0 fully saturated rings. The summed E-state index contributed by atoms with van der Waals surface area (Å²) in [6, 6.07) is 6.86. The van der Waals surface area contributed by atoms with Crippen molar-refractivity contribution < 1.29 is 23.6 Å². The molecule has 0 aliphatic rings. The van der Waals surface area contributed by atoms with E-state index in [1.54, 1.807) is 31.2 Å². The standard InChI is InChI=1S/C15H16N2O5/c1-9-13(14(16)22-17-9)15(19)21-8-7-20-12-6-4-3-5-11(12)10(2)18/h3-6H,7-8,16H2,1-2H3. The molecule has 116 valence electrons. The number of hydrogen-bond acceptors (Lipinski definition) is 7. The molecule has 2 rings (SSSR count). The second kappa shape index (κ2) is 6.75. The van der Waals surface area contributed by atoms with E-state index in [4.69, 9.17) is 19.7 Å². The Kier molecular flexibility index (Phi) is 4.77. The van der Waals surface area contributed by atoms with Crippen LogP contribution in [0.5, 0.6) is 5.75 Å². The number of para-hydroxylation sites is 1. The van der Waals surface area contributed by atoms with E-state index in [9.17, 15) is 9.59 Å². The third kappa shape index (κ3) is 3.43. The molecule has 0 saturated carbocycles. The van der Waals surface area contributed by atoms with Crippen LogP contribution in [0.4, 0.5) is 5.88 Å². The summed E-state index contributed by atoms with van der Waals surface area (Å²) in [6.07, 6.45) is 0. The minimum Gasteiger partial charge on any atom is -0.489 e. The summed E-state index contributed by atoms with van der Waals surface area (Å²) in [5.41, 5.74) is 6.45. The van der Waals surface area contributed by atoms with Crippen molar-refractivity contribution in [3.63, 3.8) is 0 Å². The van der Waals surface area contributed by atoms with E-state index in [0.717, 1.165) is 0 Å². The summed E-state index contributed by atoms with van der Waals surface area (Å²) in [5.74, 6) is -0.350. The molecule has 1 aromatic heterocycles.